The zero-order valence-electron chi connectivity index (χ0n) is 15.5. The number of benzene rings is 2. The summed E-state index contributed by atoms with van der Waals surface area (Å²) >= 11 is 0. The summed E-state index contributed by atoms with van der Waals surface area (Å²) in [7, 11) is 0. The second kappa shape index (κ2) is 9.38. The third-order valence-electron chi connectivity index (χ3n) is 3.81. The Hall–Kier alpha value is -3.35. The Kier molecular flexibility index (Phi) is 6.93. The zero-order chi connectivity index (χ0) is 19.8. The molecule has 0 aromatic heterocycles. The van der Waals surface area contributed by atoms with E-state index in [0.717, 1.165) is 12.1 Å². The van der Waals surface area contributed by atoms with E-state index in [1.807, 2.05) is 13.8 Å². The monoisotopic (exact) mass is 368 g/mol. The number of nitrogens with one attached hydrogen (secondary N) is 2. The molecule has 0 bridgehead atoms. The van der Waals surface area contributed by atoms with Gasteiger partial charge in [-0.15, -0.1) is 0 Å². The third kappa shape index (κ3) is 5.57. The average Bonchev–Trinajstić information content (AvgIpc) is 2.66. The van der Waals surface area contributed by atoms with Gasteiger partial charge in [-0.1, -0.05) is 13.8 Å². The smallest absolute Gasteiger partial charge is 0.343 e. The average molecular weight is 368 g/mol. The molecule has 0 aliphatic rings. The minimum atomic E-state index is -0.493. The van der Waals surface area contributed by atoms with Gasteiger partial charge >= 0.3 is 5.97 Å². The van der Waals surface area contributed by atoms with E-state index in [1.54, 1.807) is 53.4 Å². The zero-order valence-corrected chi connectivity index (χ0v) is 15.5. The molecule has 1 amide bonds. The minimum absolute atomic E-state index is 0.0563. The number of hydrogen-bond donors (Lipinski definition) is 3. The van der Waals surface area contributed by atoms with Gasteiger partial charge in [0.1, 0.15) is 5.75 Å². The Bertz CT molecular complexity index is 801. The van der Waals surface area contributed by atoms with Crippen LogP contribution in [0.2, 0.25) is 0 Å². The molecule has 0 heterocycles. The van der Waals surface area contributed by atoms with E-state index in [4.69, 9.17) is 15.9 Å². The largest absolute Gasteiger partial charge is 0.423 e. The van der Waals surface area contributed by atoms with Crippen molar-refractivity contribution >= 4 is 29.2 Å². The number of rotatable bonds is 7. The van der Waals surface area contributed by atoms with Crippen LogP contribution in [0.3, 0.4) is 0 Å². The van der Waals surface area contributed by atoms with E-state index in [0.29, 0.717) is 30.0 Å². The fourth-order valence-corrected chi connectivity index (χ4v) is 2.52. The molecule has 0 fully saturated rings. The molecule has 0 saturated carbocycles. The number of carbonyl (C=O) groups is 2. The SMILES string of the molecule is CCCN(C(=O)CC)c1ccc(OC(=O)c2ccc(NC(=N)N)cc2)cc1. The van der Waals surface area contributed by atoms with Crippen LogP contribution in [-0.2, 0) is 4.79 Å². The van der Waals surface area contributed by atoms with Crippen molar-refractivity contribution in [2.45, 2.75) is 26.7 Å². The summed E-state index contributed by atoms with van der Waals surface area (Å²) in [5.74, 6) is -0.216. The van der Waals surface area contributed by atoms with Gasteiger partial charge in [0.05, 0.1) is 5.56 Å². The van der Waals surface area contributed by atoms with E-state index in [1.165, 1.54) is 0 Å². The van der Waals surface area contributed by atoms with E-state index in [-0.39, 0.29) is 11.9 Å². The maximum Gasteiger partial charge on any atom is 0.343 e. The van der Waals surface area contributed by atoms with E-state index in [9.17, 15) is 9.59 Å². The molecule has 7 nitrogen and oxygen atoms in total. The molecule has 142 valence electrons. The topological polar surface area (TPSA) is 109 Å². The van der Waals surface area contributed by atoms with Crippen molar-refractivity contribution in [1.29, 1.82) is 5.41 Å². The molecule has 2 rings (SSSR count). The highest BCUT2D eigenvalue weighted by Gasteiger charge is 2.14. The molecular weight excluding hydrogens is 344 g/mol. The number of nitrogens with zero attached hydrogens (tertiary/aromatic N) is 1. The Morgan fingerprint density at radius 3 is 2.22 bits per heavy atom. The molecule has 2 aromatic carbocycles. The van der Waals surface area contributed by atoms with Gasteiger partial charge in [-0.2, -0.15) is 0 Å². The van der Waals surface area contributed by atoms with Crippen molar-refractivity contribution in [1.82, 2.24) is 0 Å². The first kappa shape index (κ1) is 20.0. The second-order valence-electron chi connectivity index (χ2n) is 5.90. The van der Waals surface area contributed by atoms with E-state index >= 15 is 0 Å². The van der Waals surface area contributed by atoms with Gasteiger partial charge in [-0.25, -0.2) is 4.79 Å². The standard InChI is InChI=1S/C20H24N4O3/c1-3-13-24(18(25)4-2)16-9-11-17(12-10-16)27-19(26)14-5-7-15(8-6-14)23-20(21)22/h5-12H,3-4,13H2,1-2H3,(H4,21,22,23). The predicted octanol–water partition coefficient (Wildman–Crippen LogP) is 3.36. The van der Waals surface area contributed by atoms with Gasteiger partial charge < -0.3 is 20.7 Å². The Labute approximate surface area is 158 Å². The number of guanidine groups is 1. The van der Waals surface area contributed by atoms with Crippen LogP contribution in [-0.4, -0.2) is 24.4 Å². The number of ether oxygens (including phenoxy) is 1. The van der Waals surface area contributed by atoms with Gasteiger partial charge in [0, 0.05) is 24.3 Å². The Morgan fingerprint density at radius 1 is 1.07 bits per heavy atom. The summed E-state index contributed by atoms with van der Waals surface area (Å²) in [5.41, 5.74) is 7.03. The lowest BCUT2D eigenvalue weighted by Crippen LogP contribution is -2.30. The summed E-state index contributed by atoms with van der Waals surface area (Å²) in [5, 5.41) is 9.82. The highest BCUT2D eigenvalue weighted by molar-refractivity contribution is 5.94. The molecule has 27 heavy (non-hydrogen) atoms. The number of esters is 1. The van der Waals surface area contributed by atoms with Crippen LogP contribution in [0.4, 0.5) is 11.4 Å². The lowest BCUT2D eigenvalue weighted by molar-refractivity contribution is -0.118. The molecule has 4 N–H and O–H groups in total. The molecular formula is C20H24N4O3. The number of hydrogen-bond acceptors (Lipinski definition) is 4. The molecule has 0 unspecified atom stereocenters. The van der Waals surface area contributed by atoms with Crippen LogP contribution >= 0.6 is 0 Å². The normalized spacial score (nSPS) is 10.1. The predicted molar refractivity (Wildman–Crippen MR) is 106 cm³/mol. The lowest BCUT2D eigenvalue weighted by Gasteiger charge is -2.21. The van der Waals surface area contributed by atoms with E-state index in [2.05, 4.69) is 5.32 Å². The Balaban J connectivity index is 2.05. The summed E-state index contributed by atoms with van der Waals surface area (Å²) in [6, 6.07) is 13.3. The molecule has 0 atom stereocenters. The number of carbonyl (C=O) groups excluding carboxylic acids is 2. The summed E-state index contributed by atoms with van der Waals surface area (Å²) in [6.07, 6.45) is 1.29. The molecule has 2 aromatic rings. The Morgan fingerprint density at radius 2 is 1.70 bits per heavy atom. The van der Waals surface area contributed by atoms with Gasteiger partial charge in [0.2, 0.25) is 5.91 Å². The lowest BCUT2D eigenvalue weighted by atomic mass is 10.2. The van der Waals surface area contributed by atoms with Gasteiger partial charge in [-0.3, -0.25) is 10.2 Å². The van der Waals surface area contributed by atoms with Crippen molar-refractivity contribution in [3.8, 4) is 5.75 Å². The fraction of sp³-hybridized carbons (Fsp3) is 0.250. The van der Waals surface area contributed by atoms with Crippen molar-refractivity contribution < 1.29 is 14.3 Å². The third-order valence-corrected chi connectivity index (χ3v) is 3.81. The minimum Gasteiger partial charge on any atom is -0.423 e. The first-order valence-electron chi connectivity index (χ1n) is 8.78. The number of nitrogens with two attached hydrogens (primary N) is 1. The maximum atomic E-state index is 12.2. The quantitative estimate of drug-likeness (QED) is 0.300. The maximum absolute atomic E-state index is 12.2. The van der Waals surface area contributed by atoms with Crippen molar-refractivity contribution in [3.05, 3.63) is 54.1 Å². The molecule has 0 spiro atoms. The number of amides is 1. The molecule has 7 heteroatoms. The summed E-state index contributed by atoms with van der Waals surface area (Å²) in [6.45, 7) is 4.49. The van der Waals surface area contributed by atoms with Crippen molar-refractivity contribution in [2.24, 2.45) is 5.73 Å². The van der Waals surface area contributed by atoms with Gasteiger partial charge in [0.15, 0.2) is 5.96 Å². The molecule has 0 saturated heterocycles. The number of anilines is 2. The molecule has 0 radical (unpaired) electrons. The van der Waals surface area contributed by atoms with Crippen LogP contribution < -0.4 is 20.7 Å². The fourth-order valence-electron chi connectivity index (χ4n) is 2.52. The van der Waals surface area contributed by atoms with Crippen LogP contribution in [0.1, 0.15) is 37.0 Å². The van der Waals surface area contributed by atoms with Crippen LogP contribution in [0.5, 0.6) is 5.75 Å². The first-order valence-corrected chi connectivity index (χ1v) is 8.78. The van der Waals surface area contributed by atoms with Gasteiger partial charge in [0.25, 0.3) is 0 Å². The van der Waals surface area contributed by atoms with Crippen molar-refractivity contribution in [2.75, 3.05) is 16.8 Å². The van der Waals surface area contributed by atoms with Crippen LogP contribution in [0.25, 0.3) is 0 Å². The van der Waals surface area contributed by atoms with Crippen LogP contribution in [0.15, 0.2) is 48.5 Å². The molecule has 0 aliphatic carbocycles. The van der Waals surface area contributed by atoms with Crippen LogP contribution in [0, 0.1) is 5.41 Å². The second-order valence-corrected chi connectivity index (χ2v) is 5.90. The summed E-state index contributed by atoms with van der Waals surface area (Å²) < 4.78 is 5.37. The van der Waals surface area contributed by atoms with Gasteiger partial charge in [-0.05, 0) is 55.0 Å². The highest BCUT2D eigenvalue weighted by Crippen LogP contribution is 2.21. The van der Waals surface area contributed by atoms with Crippen molar-refractivity contribution in [3.63, 3.8) is 0 Å². The molecule has 0 aliphatic heterocycles. The van der Waals surface area contributed by atoms with E-state index < -0.39 is 5.97 Å². The summed E-state index contributed by atoms with van der Waals surface area (Å²) in [4.78, 5) is 26.0. The highest BCUT2D eigenvalue weighted by atomic mass is 16.5. The first-order chi connectivity index (χ1) is 12.9.